The van der Waals surface area contributed by atoms with E-state index in [2.05, 4.69) is 44.5 Å². The third-order valence-electron chi connectivity index (χ3n) is 2.88. The Kier molecular flexibility index (Phi) is 6.85. The summed E-state index contributed by atoms with van der Waals surface area (Å²) in [5.74, 6) is 0.669. The second-order valence-electron chi connectivity index (χ2n) is 4.35. The standard InChI is InChI=1S/C12H26N2/c1-7-8-14(10(2)3)12(5)11(4)9-13-6/h7,10-13H,1,8-9H2,2-6H3. The van der Waals surface area contributed by atoms with Crippen molar-refractivity contribution in [3.05, 3.63) is 12.7 Å². The number of rotatable bonds is 7. The molecule has 0 aromatic carbocycles. The van der Waals surface area contributed by atoms with Crippen LogP contribution in [0.3, 0.4) is 0 Å². The van der Waals surface area contributed by atoms with E-state index < -0.39 is 0 Å². The zero-order valence-electron chi connectivity index (χ0n) is 10.4. The molecule has 0 aliphatic heterocycles. The topological polar surface area (TPSA) is 15.3 Å². The minimum Gasteiger partial charge on any atom is -0.319 e. The highest BCUT2D eigenvalue weighted by Crippen LogP contribution is 2.13. The van der Waals surface area contributed by atoms with Crippen molar-refractivity contribution in [1.82, 2.24) is 10.2 Å². The molecule has 0 saturated carbocycles. The van der Waals surface area contributed by atoms with Crippen LogP contribution in [-0.2, 0) is 0 Å². The average molecular weight is 198 g/mol. The third-order valence-corrected chi connectivity index (χ3v) is 2.88. The van der Waals surface area contributed by atoms with Crippen LogP contribution >= 0.6 is 0 Å². The van der Waals surface area contributed by atoms with E-state index in [1.54, 1.807) is 0 Å². The normalized spacial score (nSPS) is 15.9. The van der Waals surface area contributed by atoms with Crippen LogP contribution < -0.4 is 5.32 Å². The molecule has 0 radical (unpaired) electrons. The number of nitrogens with zero attached hydrogens (tertiary/aromatic N) is 1. The molecule has 0 aromatic rings. The SMILES string of the molecule is C=CCN(C(C)C)C(C)C(C)CNC. The van der Waals surface area contributed by atoms with Crippen LogP contribution in [0.4, 0.5) is 0 Å². The van der Waals surface area contributed by atoms with Crippen LogP contribution in [0.1, 0.15) is 27.7 Å². The second-order valence-corrected chi connectivity index (χ2v) is 4.35. The van der Waals surface area contributed by atoms with Gasteiger partial charge in [-0.15, -0.1) is 6.58 Å². The van der Waals surface area contributed by atoms with Crippen LogP contribution in [0.5, 0.6) is 0 Å². The molecule has 14 heavy (non-hydrogen) atoms. The Balaban J connectivity index is 4.25. The maximum absolute atomic E-state index is 3.81. The molecule has 0 fully saturated rings. The Morgan fingerprint density at radius 2 is 1.86 bits per heavy atom. The lowest BCUT2D eigenvalue weighted by atomic mass is 10.0. The first kappa shape index (κ1) is 13.7. The van der Waals surface area contributed by atoms with Crippen molar-refractivity contribution in [2.75, 3.05) is 20.1 Å². The summed E-state index contributed by atoms with van der Waals surface area (Å²) in [4.78, 5) is 2.48. The maximum Gasteiger partial charge on any atom is 0.0166 e. The maximum atomic E-state index is 3.81. The summed E-state index contributed by atoms with van der Waals surface area (Å²) in [6, 6.07) is 1.18. The van der Waals surface area contributed by atoms with Gasteiger partial charge in [0.15, 0.2) is 0 Å². The van der Waals surface area contributed by atoms with Crippen LogP contribution in [-0.4, -0.2) is 37.1 Å². The average Bonchev–Trinajstić information content (AvgIpc) is 2.13. The van der Waals surface area contributed by atoms with Crippen molar-refractivity contribution in [1.29, 1.82) is 0 Å². The van der Waals surface area contributed by atoms with Gasteiger partial charge in [-0.3, -0.25) is 4.90 Å². The number of hydrogen-bond donors (Lipinski definition) is 1. The summed E-state index contributed by atoms with van der Waals surface area (Å²) in [6.45, 7) is 14.9. The Hall–Kier alpha value is -0.340. The van der Waals surface area contributed by atoms with Crippen molar-refractivity contribution in [2.24, 2.45) is 5.92 Å². The van der Waals surface area contributed by atoms with E-state index in [-0.39, 0.29) is 0 Å². The summed E-state index contributed by atoms with van der Waals surface area (Å²) in [6.07, 6.45) is 1.99. The van der Waals surface area contributed by atoms with Gasteiger partial charge in [-0.1, -0.05) is 13.0 Å². The molecule has 0 aromatic heterocycles. The van der Waals surface area contributed by atoms with Gasteiger partial charge in [0.2, 0.25) is 0 Å². The van der Waals surface area contributed by atoms with Gasteiger partial charge < -0.3 is 5.32 Å². The highest BCUT2D eigenvalue weighted by Gasteiger charge is 2.20. The summed E-state index contributed by atoms with van der Waals surface area (Å²) in [5.41, 5.74) is 0. The highest BCUT2D eigenvalue weighted by atomic mass is 15.2. The lowest BCUT2D eigenvalue weighted by Gasteiger charge is -2.35. The Morgan fingerprint density at radius 3 is 2.21 bits per heavy atom. The molecular weight excluding hydrogens is 172 g/mol. The van der Waals surface area contributed by atoms with Gasteiger partial charge >= 0.3 is 0 Å². The van der Waals surface area contributed by atoms with Crippen molar-refractivity contribution in [3.8, 4) is 0 Å². The van der Waals surface area contributed by atoms with Gasteiger partial charge in [0.25, 0.3) is 0 Å². The Labute approximate surface area is 89.4 Å². The van der Waals surface area contributed by atoms with Crippen molar-refractivity contribution >= 4 is 0 Å². The molecule has 84 valence electrons. The molecule has 2 unspecified atom stereocenters. The molecule has 1 N–H and O–H groups in total. The van der Waals surface area contributed by atoms with Crippen molar-refractivity contribution in [3.63, 3.8) is 0 Å². The minimum absolute atomic E-state index is 0.585. The first-order chi connectivity index (χ1) is 6.54. The summed E-state index contributed by atoms with van der Waals surface area (Å²) >= 11 is 0. The largest absolute Gasteiger partial charge is 0.319 e. The fourth-order valence-corrected chi connectivity index (χ4v) is 1.82. The fourth-order valence-electron chi connectivity index (χ4n) is 1.82. The zero-order valence-corrected chi connectivity index (χ0v) is 10.4. The first-order valence-corrected chi connectivity index (χ1v) is 5.55. The van der Waals surface area contributed by atoms with E-state index >= 15 is 0 Å². The molecule has 0 heterocycles. The number of nitrogens with one attached hydrogen (secondary N) is 1. The lowest BCUT2D eigenvalue weighted by molar-refractivity contribution is 0.140. The molecule has 0 saturated heterocycles. The highest BCUT2D eigenvalue weighted by molar-refractivity contribution is 4.82. The van der Waals surface area contributed by atoms with Gasteiger partial charge in [0.1, 0.15) is 0 Å². The second kappa shape index (κ2) is 7.02. The van der Waals surface area contributed by atoms with E-state index in [4.69, 9.17) is 0 Å². The van der Waals surface area contributed by atoms with E-state index in [0.29, 0.717) is 18.0 Å². The molecule has 0 amide bonds. The lowest BCUT2D eigenvalue weighted by Crippen LogP contribution is -2.44. The first-order valence-electron chi connectivity index (χ1n) is 5.55. The molecule has 2 nitrogen and oxygen atoms in total. The molecule has 0 bridgehead atoms. The van der Waals surface area contributed by atoms with E-state index in [1.165, 1.54) is 0 Å². The van der Waals surface area contributed by atoms with Gasteiger partial charge in [0, 0.05) is 18.6 Å². The van der Waals surface area contributed by atoms with E-state index in [9.17, 15) is 0 Å². The molecule has 0 aliphatic rings. The van der Waals surface area contributed by atoms with Crippen molar-refractivity contribution in [2.45, 2.75) is 39.8 Å². The molecule has 0 spiro atoms. The van der Waals surface area contributed by atoms with Gasteiger partial charge in [-0.25, -0.2) is 0 Å². The summed E-state index contributed by atoms with van der Waals surface area (Å²) in [5, 5.41) is 3.23. The molecule has 2 heteroatoms. The van der Waals surface area contributed by atoms with E-state index in [1.807, 2.05) is 13.1 Å². The number of hydrogen-bond acceptors (Lipinski definition) is 2. The molecule has 0 aliphatic carbocycles. The van der Waals surface area contributed by atoms with Gasteiger partial charge in [-0.2, -0.15) is 0 Å². The van der Waals surface area contributed by atoms with Crippen molar-refractivity contribution < 1.29 is 0 Å². The van der Waals surface area contributed by atoms with Gasteiger partial charge in [-0.05, 0) is 40.3 Å². The minimum atomic E-state index is 0.585. The van der Waals surface area contributed by atoms with Crippen LogP contribution in [0, 0.1) is 5.92 Å². The Bertz CT molecular complexity index is 154. The monoisotopic (exact) mass is 198 g/mol. The smallest absolute Gasteiger partial charge is 0.0166 e. The van der Waals surface area contributed by atoms with Crippen LogP contribution in [0.15, 0.2) is 12.7 Å². The zero-order chi connectivity index (χ0) is 11.1. The quantitative estimate of drug-likeness (QED) is 0.630. The van der Waals surface area contributed by atoms with E-state index in [0.717, 1.165) is 13.1 Å². The van der Waals surface area contributed by atoms with Gasteiger partial charge in [0.05, 0.1) is 0 Å². The van der Waals surface area contributed by atoms with Crippen LogP contribution in [0.2, 0.25) is 0 Å². The predicted octanol–water partition coefficient (Wildman–Crippen LogP) is 2.13. The molecule has 2 atom stereocenters. The predicted molar refractivity (Wildman–Crippen MR) is 64.6 cm³/mol. The fraction of sp³-hybridized carbons (Fsp3) is 0.833. The molecule has 0 rings (SSSR count). The summed E-state index contributed by atoms with van der Waals surface area (Å²) in [7, 11) is 2.01. The third kappa shape index (κ3) is 4.25. The summed E-state index contributed by atoms with van der Waals surface area (Å²) < 4.78 is 0. The Morgan fingerprint density at radius 1 is 1.29 bits per heavy atom. The molecular formula is C12H26N2. The van der Waals surface area contributed by atoms with Crippen LogP contribution in [0.25, 0.3) is 0 Å².